The van der Waals surface area contributed by atoms with Gasteiger partial charge in [0, 0.05) is 47.3 Å². The first-order valence-electron chi connectivity index (χ1n) is 10.9. The van der Waals surface area contributed by atoms with Crippen molar-refractivity contribution in [2.75, 3.05) is 0 Å². The monoisotopic (exact) mass is 373 g/mol. The van der Waals surface area contributed by atoms with E-state index in [1.54, 1.807) is 0 Å². The maximum absolute atomic E-state index is 4.09. The summed E-state index contributed by atoms with van der Waals surface area (Å²) in [5.41, 5.74) is 2.75. The summed E-state index contributed by atoms with van der Waals surface area (Å²) >= 11 is 0. The van der Waals surface area contributed by atoms with Crippen LogP contribution in [0.15, 0.2) is 67.3 Å². The van der Waals surface area contributed by atoms with Crippen molar-refractivity contribution in [3.63, 3.8) is 0 Å². The number of unbranched alkanes of at least 4 members (excludes halogenated alkanes) is 7. The Bertz CT molecular complexity index is 928. The highest BCUT2D eigenvalue weighted by Gasteiger charge is 2.08. The Kier molecular flexibility index (Phi) is 6.44. The second-order valence-corrected chi connectivity index (χ2v) is 7.81. The van der Waals surface area contributed by atoms with E-state index in [0.717, 1.165) is 13.1 Å². The van der Waals surface area contributed by atoms with Gasteiger partial charge in [0.05, 0.1) is 6.33 Å². The summed E-state index contributed by atoms with van der Waals surface area (Å²) in [6, 6.07) is 17.6. The fraction of sp³-hybridized carbons (Fsp3) is 0.400. The topological polar surface area (TPSA) is 22.8 Å². The predicted molar refractivity (Wildman–Crippen MR) is 119 cm³/mol. The SMILES string of the molecule is c1ccc2c(c1)c1ccccc1n2CCCCCCCCCCn1ccnc1. The molecule has 28 heavy (non-hydrogen) atoms. The van der Waals surface area contributed by atoms with Crippen LogP contribution in [0.3, 0.4) is 0 Å². The van der Waals surface area contributed by atoms with E-state index in [0.29, 0.717) is 0 Å². The van der Waals surface area contributed by atoms with Gasteiger partial charge >= 0.3 is 0 Å². The second kappa shape index (κ2) is 9.59. The summed E-state index contributed by atoms with van der Waals surface area (Å²) in [6.45, 7) is 2.23. The third-order valence-corrected chi connectivity index (χ3v) is 5.79. The van der Waals surface area contributed by atoms with Crippen LogP contribution in [0.5, 0.6) is 0 Å². The van der Waals surface area contributed by atoms with Crippen LogP contribution >= 0.6 is 0 Å². The number of fused-ring (bicyclic) bond motifs is 3. The predicted octanol–water partition coefficient (Wildman–Crippen LogP) is 6.81. The van der Waals surface area contributed by atoms with E-state index in [1.807, 2.05) is 12.5 Å². The van der Waals surface area contributed by atoms with Crippen molar-refractivity contribution in [1.29, 1.82) is 0 Å². The van der Waals surface area contributed by atoms with Gasteiger partial charge in [-0.05, 0) is 25.0 Å². The van der Waals surface area contributed by atoms with Gasteiger partial charge in [-0.2, -0.15) is 0 Å². The Morgan fingerprint density at radius 2 is 1.14 bits per heavy atom. The van der Waals surface area contributed by atoms with Crippen LogP contribution in [-0.4, -0.2) is 14.1 Å². The molecule has 4 aromatic rings. The van der Waals surface area contributed by atoms with Crippen LogP contribution in [0.2, 0.25) is 0 Å². The Morgan fingerprint density at radius 1 is 0.607 bits per heavy atom. The molecule has 0 saturated carbocycles. The first-order chi connectivity index (χ1) is 13.9. The van der Waals surface area contributed by atoms with Crippen molar-refractivity contribution in [2.24, 2.45) is 0 Å². The molecule has 0 bridgehead atoms. The van der Waals surface area contributed by atoms with Gasteiger partial charge in [0.15, 0.2) is 0 Å². The molecule has 0 radical (unpaired) electrons. The molecule has 146 valence electrons. The molecule has 0 aliphatic carbocycles. The number of imidazole rings is 1. The van der Waals surface area contributed by atoms with Crippen molar-refractivity contribution in [3.05, 3.63) is 67.3 Å². The largest absolute Gasteiger partial charge is 0.340 e. The third kappa shape index (κ3) is 4.46. The Morgan fingerprint density at radius 3 is 1.71 bits per heavy atom. The Balaban J connectivity index is 1.17. The van der Waals surface area contributed by atoms with E-state index in [-0.39, 0.29) is 0 Å². The molecular formula is C25H31N3. The molecule has 3 heteroatoms. The number of para-hydroxylation sites is 2. The van der Waals surface area contributed by atoms with E-state index in [9.17, 15) is 0 Å². The third-order valence-electron chi connectivity index (χ3n) is 5.79. The molecule has 0 saturated heterocycles. The number of benzene rings is 2. The highest BCUT2D eigenvalue weighted by molar-refractivity contribution is 6.07. The number of aromatic nitrogens is 3. The van der Waals surface area contributed by atoms with Crippen LogP contribution in [0.4, 0.5) is 0 Å². The minimum absolute atomic E-state index is 1.11. The van der Waals surface area contributed by atoms with E-state index in [2.05, 4.69) is 68.8 Å². The highest BCUT2D eigenvalue weighted by atomic mass is 15.0. The first kappa shape index (κ1) is 18.8. The minimum atomic E-state index is 1.11. The standard InChI is InChI=1S/C25H31N3/c1(3-5-11-18-27-20-17-26-21-27)2-4-6-12-19-28-24-15-9-7-13-22(24)23-14-8-10-16-25(23)28/h7-10,13-17,20-21H,1-6,11-12,18-19H2. The zero-order chi connectivity index (χ0) is 19.0. The van der Waals surface area contributed by atoms with Crippen LogP contribution in [-0.2, 0) is 13.1 Å². The van der Waals surface area contributed by atoms with E-state index < -0.39 is 0 Å². The van der Waals surface area contributed by atoms with Crippen LogP contribution < -0.4 is 0 Å². The summed E-state index contributed by atoms with van der Waals surface area (Å²) in [7, 11) is 0. The molecule has 0 unspecified atom stereocenters. The molecule has 2 heterocycles. The van der Waals surface area contributed by atoms with Gasteiger partial charge in [0.2, 0.25) is 0 Å². The summed E-state index contributed by atoms with van der Waals surface area (Å²) in [4.78, 5) is 4.09. The number of hydrogen-bond donors (Lipinski definition) is 0. The average molecular weight is 374 g/mol. The molecule has 2 aromatic heterocycles. The van der Waals surface area contributed by atoms with Gasteiger partial charge < -0.3 is 9.13 Å². The fourth-order valence-corrected chi connectivity index (χ4v) is 4.29. The lowest BCUT2D eigenvalue weighted by Gasteiger charge is -2.08. The van der Waals surface area contributed by atoms with Gasteiger partial charge in [-0.3, -0.25) is 0 Å². The normalized spacial score (nSPS) is 11.6. The van der Waals surface area contributed by atoms with Crippen molar-refractivity contribution >= 4 is 21.8 Å². The maximum atomic E-state index is 4.09. The number of aryl methyl sites for hydroxylation is 2. The van der Waals surface area contributed by atoms with Crippen LogP contribution in [0.1, 0.15) is 51.4 Å². The summed E-state index contributed by atoms with van der Waals surface area (Å²) in [6.07, 6.45) is 16.5. The van der Waals surface area contributed by atoms with Crippen molar-refractivity contribution in [2.45, 2.75) is 64.5 Å². The molecule has 0 spiro atoms. The lowest BCUT2D eigenvalue weighted by atomic mass is 10.1. The van der Waals surface area contributed by atoms with E-state index >= 15 is 0 Å². The lowest BCUT2D eigenvalue weighted by molar-refractivity contribution is 0.530. The van der Waals surface area contributed by atoms with Crippen LogP contribution in [0, 0.1) is 0 Å². The van der Waals surface area contributed by atoms with Gasteiger partial charge in [-0.25, -0.2) is 4.98 Å². The minimum Gasteiger partial charge on any atom is -0.340 e. The molecule has 0 amide bonds. The summed E-state index contributed by atoms with van der Waals surface area (Å²) in [5.74, 6) is 0. The van der Waals surface area contributed by atoms with E-state index in [1.165, 1.54) is 73.2 Å². The summed E-state index contributed by atoms with van der Waals surface area (Å²) < 4.78 is 4.69. The molecule has 0 N–H and O–H groups in total. The fourth-order valence-electron chi connectivity index (χ4n) is 4.29. The Hall–Kier alpha value is -2.55. The van der Waals surface area contributed by atoms with Crippen molar-refractivity contribution in [3.8, 4) is 0 Å². The molecule has 0 fully saturated rings. The molecule has 4 rings (SSSR count). The molecule has 0 atom stereocenters. The number of hydrogen-bond acceptors (Lipinski definition) is 1. The molecule has 2 aromatic carbocycles. The highest BCUT2D eigenvalue weighted by Crippen LogP contribution is 2.29. The van der Waals surface area contributed by atoms with Crippen molar-refractivity contribution in [1.82, 2.24) is 14.1 Å². The van der Waals surface area contributed by atoms with Crippen molar-refractivity contribution < 1.29 is 0 Å². The zero-order valence-corrected chi connectivity index (χ0v) is 16.8. The molecule has 0 aliphatic rings. The molecule has 0 aliphatic heterocycles. The number of nitrogens with zero attached hydrogens (tertiary/aromatic N) is 3. The van der Waals surface area contributed by atoms with Crippen LogP contribution in [0.25, 0.3) is 21.8 Å². The lowest BCUT2D eigenvalue weighted by Crippen LogP contribution is -1.97. The van der Waals surface area contributed by atoms with Gasteiger partial charge in [0.1, 0.15) is 0 Å². The maximum Gasteiger partial charge on any atom is 0.0945 e. The molecular weight excluding hydrogens is 342 g/mol. The van der Waals surface area contributed by atoms with Gasteiger partial charge in [-0.15, -0.1) is 0 Å². The summed E-state index contributed by atoms with van der Waals surface area (Å²) in [5, 5.41) is 2.77. The zero-order valence-electron chi connectivity index (χ0n) is 16.8. The second-order valence-electron chi connectivity index (χ2n) is 7.81. The quantitative estimate of drug-likeness (QED) is 0.265. The van der Waals surface area contributed by atoms with E-state index in [4.69, 9.17) is 0 Å². The van der Waals surface area contributed by atoms with Gasteiger partial charge in [0.25, 0.3) is 0 Å². The average Bonchev–Trinajstić information content (AvgIpc) is 3.36. The smallest absolute Gasteiger partial charge is 0.0945 e. The Labute approximate surface area is 168 Å². The first-order valence-corrected chi connectivity index (χ1v) is 10.9. The number of rotatable bonds is 11. The molecule has 3 nitrogen and oxygen atoms in total. The van der Waals surface area contributed by atoms with Gasteiger partial charge in [-0.1, -0.05) is 74.9 Å².